The lowest BCUT2D eigenvalue weighted by Crippen LogP contribution is -2.39. The lowest BCUT2D eigenvalue weighted by Gasteiger charge is -2.35. The number of halogens is 1. The molecule has 0 saturated carbocycles. The zero-order valence-corrected chi connectivity index (χ0v) is 34.0. The van der Waals surface area contributed by atoms with Gasteiger partial charge in [0.05, 0.1) is 39.7 Å². The number of likely N-dealkylation sites (tertiary alicyclic amines) is 1. The van der Waals surface area contributed by atoms with E-state index in [1.165, 1.54) is 11.1 Å². The van der Waals surface area contributed by atoms with Gasteiger partial charge in [0.1, 0.15) is 24.2 Å². The minimum atomic E-state index is -2.76. The number of nitrogens with one attached hydrogen (secondary N) is 3. The fraction of sp³-hybridized carbons (Fsp3) is 0.366. The van der Waals surface area contributed by atoms with Gasteiger partial charge < -0.3 is 24.8 Å². The summed E-state index contributed by atoms with van der Waals surface area (Å²) in [4.78, 5) is 44.5. The largest absolute Gasteiger partial charge is 0.495 e. The fourth-order valence-electron chi connectivity index (χ4n) is 7.69. The van der Waals surface area contributed by atoms with Gasteiger partial charge in [-0.2, -0.15) is 4.98 Å². The highest BCUT2D eigenvalue weighted by Gasteiger charge is 2.29. The average Bonchev–Trinajstić information content (AvgIpc) is 3.18. The predicted molar refractivity (Wildman–Crippen MR) is 221 cm³/mol. The maximum absolute atomic E-state index is 13.4. The zero-order valence-electron chi connectivity index (χ0n) is 31.5. The van der Waals surface area contributed by atoms with Gasteiger partial charge in [-0.05, 0) is 121 Å². The van der Waals surface area contributed by atoms with E-state index in [1.807, 2.05) is 30.3 Å². The van der Waals surface area contributed by atoms with Crippen LogP contribution >= 0.6 is 23.1 Å². The minimum absolute atomic E-state index is 0.184. The van der Waals surface area contributed by atoms with Crippen molar-refractivity contribution >= 4 is 74.4 Å². The van der Waals surface area contributed by atoms with E-state index in [9.17, 15) is 14.2 Å². The van der Waals surface area contributed by atoms with Crippen molar-refractivity contribution in [3.05, 3.63) is 94.4 Å². The first-order chi connectivity index (χ1) is 26.5. The number of ether oxygens (including phenoxy) is 1. The molecule has 0 bridgehead atoms. The normalized spacial score (nSPS) is 17.5. The van der Waals surface area contributed by atoms with Gasteiger partial charge in [-0.15, -0.1) is 0 Å². The molecule has 2 saturated heterocycles. The Kier molecular flexibility index (Phi) is 11.6. The molecule has 2 aromatic heterocycles. The van der Waals surface area contributed by atoms with Crippen molar-refractivity contribution in [2.24, 2.45) is 5.92 Å². The number of hydrogen-bond donors (Lipinski definition) is 3. The Morgan fingerprint density at radius 2 is 1.71 bits per heavy atom. The van der Waals surface area contributed by atoms with E-state index in [1.54, 1.807) is 39.0 Å². The van der Waals surface area contributed by atoms with Crippen LogP contribution in [0.25, 0.3) is 11.0 Å². The molecular weight excluding hydrogens is 779 g/mol. The number of methoxy groups -OCH3 is 1. The van der Waals surface area contributed by atoms with E-state index in [0.717, 1.165) is 50.1 Å². The van der Waals surface area contributed by atoms with Gasteiger partial charge in [-0.1, -0.05) is 37.3 Å². The van der Waals surface area contributed by atoms with Crippen molar-refractivity contribution in [2.45, 2.75) is 50.9 Å². The summed E-state index contributed by atoms with van der Waals surface area (Å²) in [5.74, 6) is 1.89. The van der Waals surface area contributed by atoms with E-state index in [2.05, 4.69) is 82.9 Å². The third kappa shape index (κ3) is 8.90. The van der Waals surface area contributed by atoms with E-state index in [0.29, 0.717) is 68.7 Å². The van der Waals surface area contributed by atoms with E-state index < -0.39 is 7.14 Å². The van der Waals surface area contributed by atoms with Gasteiger partial charge in [-0.3, -0.25) is 24.9 Å². The number of benzene rings is 3. The smallest absolute Gasteiger partial charge is 0.234 e. The summed E-state index contributed by atoms with van der Waals surface area (Å²) >= 11 is 3.57. The van der Waals surface area contributed by atoms with Crippen LogP contribution in [0.4, 0.5) is 23.1 Å². The van der Waals surface area contributed by atoms with Crippen LogP contribution in [0.3, 0.4) is 0 Å². The number of rotatable bonds is 12. The van der Waals surface area contributed by atoms with Crippen LogP contribution in [0, 0.1) is 5.92 Å². The van der Waals surface area contributed by atoms with Gasteiger partial charge >= 0.3 is 0 Å². The van der Waals surface area contributed by atoms with Gasteiger partial charge in [0.25, 0.3) is 0 Å². The molecule has 0 spiro atoms. The lowest BCUT2D eigenvalue weighted by molar-refractivity contribution is -0.134. The molecule has 7 rings (SSSR count). The number of amides is 2. The van der Waals surface area contributed by atoms with Crippen molar-refractivity contribution in [3.63, 3.8) is 0 Å². The summed E-state index contributed by atoms with van der Waals surface area (Å²) in [7, 11) is -1.09. The highest BCUT2D eigenvalue weighted by molar-refractivity contribution is 9.10. The first-order valence-corrected chi connectivity index (χ1v) is 22.0. The quantitative estimate of drug-likeness (QED) is 0.0848. The second kappa shape index (κ2) is 16.6. The van der Waals surface area contributed by atoms with Crippen LogP contribution < -0.4 is 26.0 Å². The molecule has 3 aromatic carbocycles. The van der Waals surface area contributed by atoms with Crippen LogP contribution in [0.15, 0.2) is 77.7 Å². The number of carbonyl (C=O) groups excluding carboxylic acids is 2. The molecule has 12 nitrogen and oxygen atoms in total. The molecule has 0 radical (unpaired) electrons. The van der Waals surface area contributed by atoms with Crippen LogP contribution in [-0.2, 0) is 20.6 Å². The summed E-state index contributed by atoms with van der Waals surface area (Å²) in [5.41, 5.74) is 6.13. The summed E-state index contributed by atoms with van der Waals surface area (Å²) < 4.78 is 19.9. The van der Waals surface area contributed by atoms with E-state index >= 15 is 0 Å². The summed E-state index contributed by atoms with van der Waals surface area (Å²) in [6.07, 6.45) is 9.07. The molecule has 3 N–H and O–H groups in total. The standard InChI is InChI=1S/C41H46BrN8O4P/c1-25(27-16-21-50(22-17-27)20-15-26-5-7-28(8-6-26)30-10-14-36(51)48-40(30)52)29-9-11-32(35(23-29)54-2)47-41-45-24-31(42)39(49-41)46-34-13-12-33-37(44-19-18-43-33)38(34)55(3,4)53/h5-9,11-13,18-19,23-25,27,30H,10,14-17,20-22H2,1-4H3,(H,48,51,52)(H2,45,46,47,49). The maximum atomic E-state index is 13.4. The minimum Gasteiger partial charge on any atom is -0.495 e. The van der Waals surface area contributed by atoms with Gasteiger partial charge in [0, 0.05) is 31.6 Å². The number of fused-ring (bicyclic) bond motifs is 1. The molecule has 2 aliphatic rings. The average molecular weight is 826 g/mol. The Balaban J connectivity index is 0.958. The zero-order chi connectivity index (χ0) is 38.7. The van der Waals surface area contributed by atoms with Gasteiger partial charge in [0.15, 0.2) is 0 Å². The van der Waals surface area contributed by atoms with E-state index in [4.69, 9.17) is 9.72 Å². The van der Waals surface area contributed by atoms with Crippen molar-refractivity contribution in [1.82, 2.24) is 30.2 Å². The van der Waals surface area contributed by atoms with Crippen LogP contribution in [0.2, 0.25) is 0 Å². The van der Waals surface area contributed by atoms with Gasteiger partial charge in [-0.25, -0.2) is 4.98 Å². The second-order valence-electron chi connectivity index (χ2n) is 14.8. The SMILES string of the molecule is COc1cc(C(C)C2CCN(CCc3ccc(C4CCC(=O)NC4=O)cc3)CC2)ccc1Nc1ncc(Br)c(Nc2ccc3nccnc3c2P(C)(C)=O)n1. The Bertz CT molecular complexity index is 2260. The first kappa shape index (κ1) is 38.6. The molecule has 0 aliphatic carbocycles. The Hall–Kier alpha value is -4.71. The third-order valence-electron chi connectivity index (χ3n) is 10.8. The van der Waals surface area contributed by atoms with E-state index in [-0.39, 0.29) is 17.7 Å². The molecule has 2 fully saturated rings. The molecule has 2 amide bonds. The molecule has 286 valence electrons. The first-order valence-electron chi connectivity index (χ1n) is 18.7. The summed E-state index contributed by atoms with van der Waals surface area (Å²) in [6.45, 7) is 8.86. The van der Waals surface area contributed by atoms with Crippen molar-refractivity contribution in [3.8, 4) is 5.75 Å². The number of piperidine rings is 2. The molecule has 55 heavy (non-hydrogen) atoms. The Morgan fingerprint density at radius 1 is 0.964 bits per heavy atom. The number of anilines is 4. The summed E-state index contributed by atoms with van der Waals surface area (Å²) in [6, 6.07) is 18.3. The topological polar surface area (TPSA) is 151 Å². The Morgan fingerprint density at radius 3 is 2.44 bits per heavy atom. The second-order valence-corrected chi connectivity index (χ2v) is 18.8. The van der Waals surface area contributed by atoms with Crippen molar-refractivity contribution in [2.75, 3.05) is 50.7 Å². The fourth-order valence-corrected chi connectivity index (χ4v) is 9.37. The number of carbonyl (C=O) groups is 2. The van der Waals surface area contributed by atoms with Crippen molar-refractivity contribution < 1.29 is 18.9 Å². The Labute approximate surface area is 329 Å². The molecule has 4 heterocycles. The predicted octanol–water partition coefficient (Wildman–Crippen LogP) is 7.50. The van der Waals surface area contributed by atoms with Gasteiger partial charge in [0.2, 0.25) is 17.8 Å². The highest BCUT2D eigenvalue weighted by atomic mass is 79.9. The molecule has 2 atom stereocenters. The molecule has 2 unspecified atom stereocenters. The number of hydrogen-bond acceptors (Lipinski definition) is 11. The van der Waals surface area contributed by atoms with Crippen molar-refractivity contribution in [1.29, 1.82) is 0 Å². The van der Waals surface area contributed by atoms with Crippen LogP contribution in [0.1, 0.15) is 61.1 Å². The third-order valence-corrected chi connectivity index (χ3v) is 12.9. The molecule has 5 aromatic rings. The number of aromatic nitrogens is 4. The molecular formula is C41H46BrN8O4P. The number of imide groups is 1. The molecule has 14 heteroatoms. The van der Waals surface area contributed by atoms with Crippen LogP contribution in [0.5, 0.6) is 5.75 Å². The monoisotopic (exact) mass is 824 g/mol. The van der Waals surface area contributed by atoms with Crippen LogP contribution in [-0.4, -0.2) is 76.7 Å². The highest BCUT2D eigenvalue weighted by Crippen LogP contribution is 2.42. The summed E-state index contributed by atoms with van der Waals surface area (Å²) in [5, 5.41) is 9.76. The number of nitrogens with zero attached hydrogens (tertiary/aromatic N) is 5. The lowest BCUT2D eigenvalue weighted by atomic mass is 9.81. The maximum Gasteiger partial charge on any atom is 0.234 e. The molecule has 2 aliphatic heterocycles.